The molecule has 31 heavy (non-hydrogen) atoms. The maximum atomic E-state index is 10.5. The second kappa shape index (κ2) is 6.64. The molecule has 0 radical (unpaired) electrons. The second-order valence-electron chi connectivity index (χ2n) is 8.41. The fourth-order valence-corrected chi connectivity index (χ4v) is 5.71. The van der Waals surface area contributed by atoms with E-state index in [4.69, 9.17) is 14.9 Å². The Morgan fingerprint density at radius 1 is 0.968 bits per heavy atom. The quantitative estimate of drug-likeness (QED) is 0.799. The Morgan fingerprint density at radius 2 is 1.68 bits per heavy atom. The van der Waals surface area contributed by atoms with Crippen molar-refractivity contribution < 1.29 is 9.47 Å². The molecule has 0 amide bonds. The summed E-state index contributed by atoms with van der Waals surface area (Å²) < 4.78 is 12.4. The average molecular weight is 409 g/mol. The predicted octanol–water partition coefficient (Wildman–Crippen LogP) is 3.98. The number of rotatable bonds is 2. The Bertz CT molecular complexity index is 1150. The Hall–Kier alpha value is -3.73. The van der Waals surface area contributed by atoms with Crippen molar-refractivity contribution in [2.45, 2.75) is 37.1 Å². The van der Waals surface area contributed by atoms with Crippen LogP contribution in [0.4, 0.5) is 0 Å². The monoisotopic (exact) mass is 409 g/mol. The van der Waals surface area contributed by atoms with Crippen molar-refractivity contribution in [3.8, 4) is 18.2 Å². The van der Waals surface area contributed by atoms with E-state index in [1.807, 2.05) is 30.3 Å². The molecule has 3 fully saturated rings. The number of nitrogens with one attached hydrogen (secondary N) is 1. The number of hydrogen-bond donors (Lipinski definition) is 1. The van der Waals surface area contributed by atoms with E-state index >= 15 is 0 Å². The van der Waals surface area contributed by atoms with Crippen molar-refractivity contribution in [2.24, 2.45) is 16.7 Å². The lowest BCUT2D eigenvalue weighted by atomic mass is 9.50. The molecule has 1 aliphatic carbocycles. The van der Waals surface area contributed by atoms with Gasteiger partial charge in [-0.1, -0.05) is 30.3 Å². The summed E-state index contributed by atoms with van der Waals surface area (Å²) in [4.78, 5) is 4.01. The molecule has 2 saturated heterocycles. The van der Waals surface area contributed by atoms with Crippen molar-refractivity contribution in [1.82, 2.24) is 4.98 Å². The van der Waals surface area contributed by atoms with Crippen molar-refractivity contribution in [3.05, 3.63) is 66.0 Å². The van der Waals surface area contributed by atoms with E-state index < -0.39 is 28.6 Å². The molecule has 7 nitrogen and oxygen atoms in total. The third-order valence-electron chi connectivity index (χ3n) is 7.19. The van der Waals surface area contributed by atoms with Gasteiger partial charge < -0.3 is 9.47 Å². The first-order chi connectivity index (χ1) is 15.1. The number of hydrogen-bond acceptors (Lipinski definition) is 7. The van der Waals surface area contributed by atoms with Crippen LogP contribution in [0.5, 0.6) is 0 Å². The van der Waals surface area contributed by atoms with Crippen molar-refractivity contribution in [3.63, 3.8) is 0 Å². The molecular weight excluding hydrogens is 390 g/mol. The lowest BCUT2D eigenvalue weighted by molar-refractivity contribution is -0.296. The SMILES string of the molecule is N#CC1(C#N)C(c2ccncc2)OC23CCC(c4ccccc4)CC2C1(C#N)C(=N)O3. The van der Waals surface area contributed by atoms with Gasteiger partial charge in [0.2, 0.25) is 17.1 Å². The molecule has 5 atom stereocenters. The van der Waals surface area contributed by atoms with Gasteiger partial charge in [0.05, 0.1) is 24.1 Å². The molecule has 1 aromatic heterocycles. The smallest absolute Gasteiger partial charge is 0.217 e. The Labute approximate surface area is 180 Å². The summed E-state index contributed by atoms with van der Waals surface area (Å²) in [7, 11) is 0. The van der Waals surface area contributed by atoms with Crippen LogP contribution in [0.15, 0.2) is 54.9 Å². The van der Waals surface area contributed by atoms with Gasteiger partial charge in [-0.2, -0.15) is 15.8 Å². The Balaban J connectivity index is 1.69. The number of nitrogens with zero attached hydrogens (tertiary/aromatic N) is 4. The highest BCUT2D eigenvalue weighted by Gasteiger charge is 2.81. The lowest BCUT2D eigenvalue weighted by Gasteiger charge is -2.52. The largest absolute Gasteiger partial charge is 0.447 e. The minimum atomic E-state index is -1.93. The lowest BCUT2D eigenvalue weighted by Crippen LogP contribution is -2.60. The highest BCUT2D eigenvalue weighted by Crippen LogP contribution is 2.70. The number of ether oxygens (including phenoxy) is 2. The number of aromatic nitrogens is 1. The summed E-state index contributed by atoms with van der Waals surface area (Å²) in [5.74, 6) is -2.02. The minimum Gasteiger partial charge on any atom is -0.447 e. The van der Waals surface area contributed by atoms with Crippen LogP contribution in [-0.4, -0.2) is 16.7 Å². The molecule has 152 valence electrons. The van der Waals surface area contributed by atoms with Crippen molar-refractivity contribution in [2.75, 3.05) is 0 Å². The summed E-state index contributed by atoms with van der Waals surface area (Å²) in [5, 5.41) is 39.7. The van der Waals surface area contributed by atoms with Gasteiger partial charge in [0.1, 0.15) is 6.10 Å². The van der Waals surface area contributed by atoms with Gasteiger partial charge in [0, 0.05) is 18.8 Å². The van der Waals surface area contributed by atoms with Gasteiger partial charge in [-0.05, 0) is 42.0 Å². The fraction of sp³-hybridized carbons (Fsp3) is 0.375. The predicted molar refractivity (Wildman–Crippen MR) is 108 cm³/mol. The Kier molecular flexibility index (Phi) is 4.12. The molecule has 3 aliphatic rings. The third kappa shape index (κ3) is 2.29. The van der Waals surface area contributed by atoms with Crippen LogP contribution in [0.2, 0.25) is 0 Å². The molecule has 2 aliphatic heterocycles. The normalized spacial score (nSPS) is 35.0. The second-order valence-corrected chi connectivity index (χ2v) is 8.41. The zero-order valence-corrected chi connectivity index (χ0v) is 16.7. The molecule has 1 N–H and O–H groups in total. The molecule has 2 aromatic rings. The van der Waals surface area contributed by atoms with Crippen LogP contribution in [-0.2, 0) is 9.47 Å². The van der Waals surface area contributed by atoms with Crippen LogP contribution in [0, 0.1) is 56.2 Å². The summed E-state index contributed by atoms with van der Waals surface area (Å²) in [6, 6.07) is 19.8. The van der Waals surface area contributed by atoms with Gasteiger partial charge in [-0.25, -0.2) is 0 Å². The van der Waals surface area contributed by atoms with Crippen LogP contribution in [0.3, 0.4) is 0 Å². The third-order valence-corrected chi connectivity index (χ3v) is 7.19. The van der Waals surface area contributed by atoms with Crippen LogP contribution < -0.4 is 0 Å². The van der Waals surface area contributed by atoms with E-state index in [1.54, 1.807) is 24.5 Å². The van der Waals surface area contributed by atoms with Crippen LogP contribution in [0.25, 0.3) is 0 Å². The summed E-state index contributed by atoms with van der Waals surface area (Å²) >= 11 is 0. The standard InChI is InChI=1S/C24H19N5O2/c25-13-22(14-26)20(17-7-10-29-11-8-17)30-24-9-6-18(16-4-2-1-3-5-16)12-19(24)23(22,15-27)21(28)31-24/h1-5,7-8,10-11,18-20,28H,6,9,12H2. The molecule has 7 heteroatoms. The van der Waals surface area contributed by atoms with Gasteiger partial charge >= 0.3 is 0 Å². The number of pyridine rings is 1. The highest BCUT2D eigenvalue weighted by atomic mass is 16.7. The minimum absolute atomic E-state index is 0.123. The van der Waals surface area contributed by atoms with Gasteiger partial charge in [0.15, 0.2) is 5.41 Å². The average Bonchev–Trinajstić information content (AvgIpc) is 3.03. The van der Waals surface area contributed by atoms with E-state index in [0.717, 1.165) is 12.0 Å². The maximum Gasteiger partial charge on any atom is 0.217 e. The van der Waals surface area contributed by atoms with E-state index in [0.29, 0.717) is 18.4 Å². The summed E-state index contributed by atoms with van der Waals surface area (Å²) in [6.07, 6.45) is 3.80. The Morgan fingerprint density at radius 3 is 2.32 bits per heavy atom. The summed E-state index contributed by atoms with van der Waals surface area (Å²) in [6.45, 7) is 0. The molecule has 1 saturated carbocycles. The van der Waals surface area contributed by atoms with Crippen LogP contribution in [0.1, 0.15) is 42.4 Å². The molecular formula is C24H19N5O2. The first-order valence-corrected chi connectivity index (χ1v) is 10.2. The highest BCUT2D eigenvalue weighted by molar-refractivity contribution is 5.89. The molecule has 5 rings (SSSR count). The molecule has 2 bridgehead atoms. The van der Waals surface area contributed by atoms with Crippen molar-refractivity contribution >= 4 is 5.90 Å². The van der Waals surface area contributed by atoms with E-state index in [9.17, 15) is 15.8 Å². The molecule has 5 unspecified atom stereocenters. The van der Waals surface area contributed by atoms with Crippen LogP contribution >= 0.6 is 0 Å². The van der Waals surface area contributed by atoms with Gasteiger partial charge in [-0.15, -0.1) is 0 Å². The first kappa shape index (κ1) is 19.2. The summed E-state index contributed by atoms with van der Waals surface area (Å²) in [5.41, 5.74) is -1.95. The molecule has 3 heterocycles. The zero-order chi connectivity index (χ0) is 21.7. The maximum absolute atomic E-state index is 10.5. The van der Waals surface area contributed by atoms with Gasteiger partial charge in [0.25, 0.3) is 0 Å². The number of benzene rings is 1. The topological polar surface area (TPSA) is 127 Å². The zero-order valence-electron chi connectivity index (χ0n) is 16.7. The van der Waals surface area contributed by atoms with E-state index in [2.05, 4.69) is 23.2 Å². The first-order valence-electron chi connectivity index (χ1n) is 10.2. The van der Waals surface area contributed by atoms with Gasteiger partial charge in [-0.3, -0.25) is 10.4 Å². The van der Waals surface area contributed by atoms with Crippen molar-refractivity contribution in [1.29, 1.82) is 21.2 Å². The van der Waals surface area contributed by atoms with E-state index in [1.165, 1.54) is 0 Å². The van der Waals surface area contributed by atoms with E-state index in [-0.39, 0.29) is 11.8 Å². The molecule has 1 aromatic carbocycles. The number of nitriles is 3. The molecule has 0 spiro atoms. The fourth-order valence-electron chi connectivity index (χ4n) is 5.71.